The van der Waals surface area contributed by atoms with Crippen LogP contribution >= 0.6 is 0 Å². The van der Waals surface area contributed by atoms with E-state index in [4.69, 9.17) is 5.26 Å². The van der Waals surface area contributed by atoms with E-state index in [0.717, 1.165) is 5.39 Å². The minimum absolute atomic E-state index is 0.0507. The summed E-state index contributed by atoms with van der Waals surface area (Å²) in [5, 5.41) is 15.6. The Morgan fingerprint density at radius 2 is 2.04 bits per heavy atom. The number of carbonyl (C=O) groups excluding carboxylic acids is 1. The van der Waals surface area contributed by atoms with Crippen LogP contribution in [0.2, 0.25) is 0 Å². The van der Waals surface area contributed by atoms with Gasteiger partial charge in [-0.2, -0.15) is 10.2 Å². The molecule has 0 spiro atoms. The highest BCUT2D eigenvalue weighted by molar-refractivity contribution is 5.91. The monoisotopic (exact) mass is 362 g/mol. The Morgan fingerprint density at radius 1 is 1.26 bits per heavy atom. The van der Waals surface area contributed by atoms with Crippen molar-refractivity contribution < 1.29 is 4.79 Å². The van der Waals surface area contributed by atoms with Crippen LogP contribution in [0.15, 0.2) is 41.3 Å². The van der Waals surface area contributed by atoms with Crippen LogP contribution in [0.3, 0.4) is 0 Å². The van der Waals surface area contributed by atoms with Crippen LogP contribution in [0.4, 0.5) is 17.3 Å². The normalized spacial score (nSPS) is 10.6. The Morgan fingerprint density at radius 3 is 2.70 bits per heavy atom. The van der Waals surface area contributed by atoms with Gasteiger partial charge < -0.3 is 10.6 Å². The van der Waals surface area contributed by atoms with Crippen molar-refractivity contribution in [2.45, 2.75) is 26.8 Å². The third-order valence-corrected chi connectivity index (χ3v) is 3.89. The maximum atomic E-state index is 12.2. The summed E-state index contributed by atoms with van der Waals surface area (Å²) in [7, 11) is 0. The maximum Gasteiger partial charge on any atom is 0.252 e. The van der Waals surface area contributed by atoms with Gasteiger partial charge >= 0.3 is 0 Å². The van der Waals surface area contributed by atoms with E-state index in [1.165, 1.54) is 13.0 Å². The first kappa shape index (κ1) is 18.1. The van der Waals surface area contributed by atoms with Gasteiger partial charge in [0.15, 0.2) is 0 Å². The molecule has 2 N–H and O–H groups in total. The van der Waals surface area contributed by atoms with Gasteiger partial charge in [-0.25, -0.2) is 4.98 Å². The van der Waals surface area contributed by atoms with Gasteiger partial charge in [0.05, 0.1) is 11.3 Å². The minimum atomic E-state index is -0.272. The van der Waals surface area contributed by atoms with Gasteiger partial charge in [-0.15, -0.1) is 0 Å². The van der Waals surface area contributed by atoms with Gasteiger partial charge in [0.25, 0.3) is 5.56 Å². The maximum absolute atomic E-state index is 12.2. The molecular weight excluding hydrogens is 344 g/mol. The lowest BCUT2D eigenvalue weighted by Crippen LogP contribution is -2.22. The Balaban J connectivity index is 2.02. The molecule has 3 rings (SSSR count). The topological polar surface area (TPSA) is 113 Å². The number of amides is 1. The Kier molecular flexibility index (Phi) is 4.86. The number of nitrogens with one attached hydrogen (secondary N) is 2. The molecule has 3 aromatic rings. The standard InChI is InChI=1S/C19H18N6O2/c1-11(2)25-17(27)7-5-14-10-21-19(24-18(14)25)23-15-6-4-13(9-20)16(8-15)22-12(3)26/h4-8,10-11H,1-3H3,(H,22,26)(H,21,23,24). The number of fused-ring (bicyclic) bond motifs is 1. The summed E-state index contributed by atoms with van der Waals surface area (Å²) in [4.78, 5) is 32.3. The molecule has 0 atom stereocenters. The Hall–Kier alpha value is -3.73. The molecule has 1 aromatic carbocycles. The summed E-state index contributed by atoms with van der Waals surface area (Å²) in [5.74, 6) is 0.0348. The second-order valence-corrected chi connectivity index (χ2v) is 6.29. The zero-order valence-corrected chi connectivity index (χ0v) is 15.1. The highest BCUT2D eigenvalue weighted by Crippen LogP contribution is 2.23. The molecule has 0 fully saturated rings. The van der Waals surface area contributed by atoms with E-state index in [9.17, 15) is 9.59 Å². The molecule has 0 unspecified atom stereocenters. The second kappa shape index (κ2) is 7.25. The summed E-state index contributed by atoms with van der Waals surface area (Å²) in [6.45, 7) is 5.20. The van der Waals surface area contributed by atoms with Crippen LogP contribution in [0.5, 0.6) is 0 Å². The smallest absolute Gasteiger partial charge is 0.252 e. The lowest BCUT2D eigenvalue weighted by molar-refractivity contribution is -0.114. The van der Waals surface area contributed by atoms with Crippen LogP contribution in [0, 0.1) is 11.3 Å². The second-order valence-electron chi connectivity index (χ2n) is 6.29. The number of aromatic nitrogens is 3. The molecular formula is C19H18N6O2. The molecule has 0 bridgehead atoms. The fraction of sp³-hybridized carbons (Fsp3) is 0.211. The summed E-state index contributed by atoms with van der Waals surface area (Å²) in [5.41, 5.74) is 1.75. The molecule has 0 aliphatic carbocycles. The van der Waals surface area contributed by atoms with E-state index in [2.05, 4.69) is 20.6 Å². The number of carbonyl (C=O) groups is 1. The molecule has 2 heterocycles. The minimum Gasteiger partial charge on any atom is -0.325 e. The number of nitriles is 1. The molecule has 0 aliphatic rings. The Bertz CT molecular complexity index is 1130. The molecule has 136 valence electrons. The summed E-state index contributed by atoms with van der Waals surface area (Å²) < 4.78 is 1.60. The van der Waals surface area contributed by atoms with Crippen molar-refractivity contribution in [3.63, 3.8) is 0 Å². The first-order valence-corrected chi connectivity index (χ1v) is 8.36. The number of hydrogen-bond donors (Lipinski definition) is 2. The molecule has 8 nitrogen and oxygen atoms in total. The molecule has 0 saturated heterocycles. The molecule has 1 amide bonds. The number of nitrogens with zero attached hydrogens (tertiary/aromatic N) is 4. The summed E-state index contributed by atoms with van der Waals surface area (Å²) >= 11 is 0. The summed E-state index contributed by atoms with van der Waals surface area (Å²) in [6, 6.07) is 10.1. The number of anilines is 3. The van der Waals surface area contributed by atoms with Crippen LogP contribution in [0.1, 0.15) is 32.4 Å². The third kappa shape index (κ3) is 3.77. The van der Waals surface area contributed by atoms with Gasteiger partial charge in [0.2, 0.25) is 11.9 Å². The SMILES string of the molecule is CC(=O)Nc1cc(Nc2ncc3ccc(=O)n(C(C)C)c3n2)ccc1C#N. The van der Waals surface area contributed by atoms with Crippen molar-refractivity contribution >= 4 is 34.3 Å². The van der Waals surface area contributed by atoms with Gasteiger partial charge in [-0.05, 0) is 38.1 Å². The molecule has 0 saturated carbocycles. The summed E-state index contributed by atoms with van der Waals surface area (Å²) in [6.07, 6.45) is 1.64. The van der Waals surface area contributed by atoms with Crippen molar-refractivity contribution in [2.75, 3.05) is 10.6 Å². The number of rotatable bonds is 4. The van der Waals surface area contributed by atoms with E-state index < -0.39 is 0 Å². The van der Waals surface area contributed by atoms with Crippen LogP contribution in [0.25, 0.3) is 11.0 Å². The largest absolute Gasteiger partial charge is 0.325 e. The molecule has 2 aromatic heterocycles. The third-order valence-electron chi connectivity index (χ3n) is 3.89. The van der Waals surface area contributed by atoms with Crippen LogP contribution < -0.4 is 16.2 Å². The van der Waals surface area contributed by atoms with Gasteiger partial charge in [-0.3, -0.25) is 14.2 Å². The van der Waals surface area contributed by atoms with Gasteiger partial charge in [0, 0.05) is 36.3 Å². The fourth-order valence-corrected chi connectivity index (χ4v) is 2.74. The fourth-order valence-electron chi connectivity index (χ4n) is 2.74. The number of benzene rings is 1. The first-order chi connectivity index (χ1) is 12.9. The quantitative estimate of drug-likeness (QED) is 0.738. The highest BCUT2D eigenvalue weighted by atomic mass is 16.1. The van der Waals surface area contributed by atoms with Gasteiger partial charge in [0.1, 0.15) is 11.7 Å². The predicted molar refractivity (Wildman–Crippen MR) is 103 cm³/mol. The molecule has 27 heavy (non-hydrogen) atoms. The van der Waals surface area contributed by atoms with Crippen molar-refractivity contribution in [1.29, 1.82) is 5.26 Å². The molecule has 8 heteroatoms. The van der Waals surface area contributed by atoms with E-state index in [0.29, 0.717) is 28.5 Å². The molecule has 0 aliphatic heterocycles. The van der Waals surface area contributed by atoms with E-state index in [1.54, 1.807) is 35.0 Å². The highest BCUT2D eigenvalue weighted by Gasteiger charge is 2.11. The average molecular weight is 362 g/mol. The first-order valence-electron chi connectivity index (χ1n) is 8.36. The number of pyridine rings is 1. The van der Waals surface area contributed by atoms with E-state index in [1.807, 2.05) is 19.9 Å². The van der Waals surface area contributed by atoms with Crippen molar-refractivity contribution in [3.8, 4) is 6.07 Å². The molecule has 0 radical (unpaired) electrons. The lowest BCUT2D eigenvalue weighted by atomic mass is 10.1. The van der Waals surface area contributed by atoms with Gasteiger partial charge in [-0.1, -0.05) is 0 Å². The van der Waals surface area contributed by atoms with Crippen molar-refractivity contribution in [3.05, 3.63) is 52.4 Å². The average Bonchev–Trinajstić information content (AvgIpc) is 2.61. The zero-order chi connectivity index (χ0) is 19.6. The van der Waals surface area contributed by atoms with E-state index >= 15 is 0 Å². The number of hydrogen-bond acceptors (Lipinski definition) is 6. The Labute approximate surface area is 155 Å². The zero-order valence-electron chi connectivity index (χ0n) is 15.1. The van der Waals surface area contributed by atoms with Crippen LogP contribution in [-0.4, -0.2) is 20.4 Å². The van der Waals surface area contributed by atoms with E-state index in [-0.39, 0.29) is 17.5 Å². The lowest BCUT2D eigenvalue weighted by Gasteiger charge is -2.14. The van der Waals surface area contributed by atoms with Crippen LogP contribution in [-0.2, 0) is 4.79 Å². The predicted octanol–water partition coefficient (Wildman–Crippen LogP) is 2.95. The van der Waals surface area contributed by atoms with Crippen molar-refractivity contribution in [1.82, 2.24) is 14.5 Å². The van der Waals surface area contributed by atoms with Crippen molar-refractivity contribution in [2.24, 2.45) is 0 Å².